The Morgan fingerprint density at radius 2 is 2.28 bits per heavy atom. The molecule has 1 rings (SSSR count). The fourth-order valence-electron chi connectivity index (χ4n) is 1.58. The standard InChI is InChI=1S/C13H18N4O/c1-3-15-12-8-5-7-11(16-12)13(18)17(4-2)10-6-9-14/h5,7-8H,3-4,6,10H2,1-2H3,(H,15,16). The lowest BCUT2D eigenvalue weighted by Crippen LogP contribution is -2.32. The molecule has 0 bridgehead atoms. The summed E-state index contributed by atoms with van der Waals surface area (Å²) in [6.07, 6.45) is 0.340. The van der Waals surface area contributed by atoms with Gasteiger partial charge in [0.2, 0.25) is 0 Å². The van der Waals surface area contributed by atoms with Crippen LogP contribution in [0.4, 0.5) is 5.82 Å². The highest BCUT2D eigenvalue weighted by atomic mass is 16.2. The molecule has 0 spiro atoms. The molecule has 0 unspecified atom stereocenters. The Balaban J connectivity index is 2.81. The molecule has 1 aromatic heterocycles. The van der Waals surface area contributed by atoms with Crippen LogP contribution in [-0.2, 0) is 0 Å². The molecule has 0 aliphatic heterocycles. The summed E-state index contributed by atoms with van der Waals surface area (Å²) >= 11 is 0. The van der Waals surface area contributed by atoms with Crippen LogP contribution in [0.15, 0.2) is 18.2 Å². The van der Waals surface area contributed by atoms with Crippen molar-refractivity contribution in [1.82, 2.24) is 9.88 Å². The molecule has 0 fully saturated rings. The van der Waals surface area contributed by atoms with E-state index in [4.69, 9.17) is 5.26 Å². The molecule has 1 aromatic rings. The van der Waals surface area contributed by atoms with Gasteiger partial charge in [0, 0.05) is 19.6 Å². The maximum absolute atomic E-state index is 12.2. The van der Waals surface area contributed by atoms with Crippen molar-refractivity contribution < 1.29 is 4.79 Å². The fourth-order valence-corrected chi connectivity index (χ4v) is 1.58. The first kappa shape index (κ1) is 14.0. The molecule has 0 aromatic carbocycles. The Kier molecular flexibility index (Phi) is 5.65. The Morgan fingerprint density at radius 3 is 2.89 bits per heavy atom. The number of carbonyl (C=O) groups excluding carboxylic acids is 1. The average molecular weight is 246 g/mol. The van der Waals surface area contributed by atoms with Crippen molar-refractivity contribution in [2.45, 2.75) is 20.3 Å². The highest BCUT2D eigenvalue weighted by Gasteiger charge is 2.15. The second kappa shape index (κ2) is 7.28. The van der Waals surface area contributed by atoms with Crippen LogP contribution in [0.1, 0.15) is 30.8 Å². The van der Waals surface area contributed by atoms with Crippen molar-refractivity contribution in [3.05, 3.63) is 23.9 Å². The van der Waals surface area contributed by atoms with Crippen LogP contribution < -0.4 is 5.32 Å². The maximum Gasteiger partial charge on any atom is 0.272 e. The molecule has 96 valence electrons. The number of amides is 1. The molecule has 0 aliphatic carbocycles. The number of aromatic nitrogens is 1. The number of nitriles is 1. The Hall–Kier alpha value is -2.09. The summed E-state index contributed by atoms with van der Waals surface area (Å²) in [6, 6.07) is 7.36. The lowest BCUT2D eigenvalue weighted by Gasteiger charge is -2.19. The second-order valence-electron chi connectivity index (χ2n) is 3.73. The zero-order valence-electron chi connectivity index (χ0n) is 10.8. The molecule has 5 heteroatoms. The topological polar surface area (TPSA) is 69.0 Å². The van der Waals surface area contributed by atoms with Crippen LogP contribution in [0.5, 0.6) is 0 Å². The summed E-state index contributed by atoms with van der Waals surface area (Å²) in [4.78, 5) is 18.0. The van der Waals surface area contributed by atoms with Gasteiger partial charge in [0.05, 0.1) is 12.5 Å². The lowest BCUT2D eigenvalue weighted by atomic mass is 10.3. The molecule has 0 saturated heterocycles. The van der Waals surface area contributed by atoms with Crippen LogP contribution in [0.3, 0.4) is 0 Å². The van der Waals surface area contributed by atoms with Crippen molar-refractivity contribution in [1.29, 1.82) is 5.26 Å². The molecule has 1 amide bonds. The molecule has 18 heavy (non-hydrogen) atoms. The number of anilines is 1. The normalized spacial score (nSPS) is 9.61. The van der Waals surface area contributed by atoms with Crippen LogP contribution in [-0.4, -0.2) is 35.4 Å². The predicted molar refractivity (Wildman–Crippen MR) is 70.2 cm³/mol. The van der Waals surface area contributed by atoms with E-state index in [1.54, 1.807) is 17.0 Å². The molecule has 0 saturated carbocycles. The number of nitrogens with one attached hydrogen (secondary N) is 1. The first-order valence-electron chi connectivity index (χ1n) is 6.10. The molecule has 0 atom stereocenters. The van der Waals surface area contributed by atoms with E-state index >= 15 is 0 Å². The van der Waals surface area contributed by atoms with Crippen LogP contribution >= 0.6 is 0 Å². The van der Waals surface area contributed by atoms with E-state index in [9.17, 15) is 4.79 Å². The summed E-state index contributed by atoms with van der Waals surface area (Å²) in [7, 11) is 0. The Bertz CT molecular complexity index is 439. The first-order valence-corrected chi connectivity index (χ1v) is 6.10. The molecule has 1 heterocycles. The van der Waals surface area contributed by atoms with Gasteiger partial charge in [-0.15, -0.1) is 0 Å². The van der Waals surface area contributed by atoms with Gasteiger partial charge in [-0.1, -0.05) is 6.07 Å². The molecule has 1 N–H and O–H groups in total. The van der Waals surface area contributed by atoms with Gasteiger partial charge < -0.3 is 10.2 Å². The molecule has 5 nitrogen and oxygen atoms in total. The summed E-state index contributed by atoms with van der Waals surface area (Å²) in [5, 5.41) is 11.6. The minimum Gasteiger partial charge on any atom is -0.370 e. The number of hydrogen-bond donors (Lipinski definition) is 1. The first-order chi connectivity index (χ1) is 8.72. The van der Waals surface area contributed by atoms with Gasteiger partial charge in [-0.05, 0) is 26.0 Å². The molecular formula is C13H18N4O. The largest absolute Gasteiger partial charge is 0.370 e. The third-order valence-corrected chi connectivity index (χ3v) is 2.49. The second-order valence-corrected chi connectivity index (χ2v) is 3.73. The van der Waals surface area contributed by atoms with Crippen molar-refractivity contribution in [3.63, 3.8) is 0 Å². The Labute approximate surface area is 107 Å². The van der Waals surface area contributed by atoms with Crippen molar-refractivity contribution in [3.8, 4) is 6.07 Å². The van der Waals surface area contributed by atoms with Gasteiger partial charge in [0.15, 0.2) is 0 Å². The highest BCUT2D eigenvalue weighted by Crippen LogP contribution is 2.08. The van der Waals surface area contributed by atoms with Gasteiger partial charge in [0.1, 0.15) is 11.5 Å². The van der Waals surface area contributed by atoms with Gasteiger partial charge in [-0.25, -0.2) is 4.98 Å². The van der Waals surface area contributed by atoms with E-state index in [0.717, 1.165) is 6.54 Å². The SMILES string of the molecule is CCNc1cccc(C(=O)N(CC)CCC#N)n1. The number of carbonyl (C=O) groups is 1. The number of nitrogens with zero attached hydrogens (tertiary/aromatic N) is 3. The summed E-state index contributed by atoms with van der Waals surface area (Å²) < 4.78 is 0. The van der Waals surface area contributed by atoms with E-state index in [1.807, 2.05) is 26.0 Å². The molecular weight excluding hydrogens is 228 g/mol. The Morgan fingerprint density at radius 1 is 1.50 bits per heavy atom. The smallest absolute Gasteiger partial charge is 0.272 e. The molecule has 0 aliphatic rings. The van der Waals surface area contributed by atoms with Crippen molar-refractivity contribution in [2.75, 3.05) is 25.0 Å². The third kappa shape index (κ3) is 3.74. The number of hydrogen-bond acceptors (Lipinski definition) is 4. The van der Waals surface area contributed by atoms with Crippen molar-refractivity contribution >= 4 is 11.7 Å². The quantitative estimate of drug-likeness (QED) is 0.832. The van der Waals surface area contributed by atoms with E-state index in [-0.39, 0.29) is 5.91 Å². The number of pyridine rings is 1. The van der Waals surface area contributed by atoms with E-state index < -0.39 is 0 Å². The summed E-state index contributed by atoms with van der Waals surface area (Å²) in [5.41, 5.74) is 0.410. The van der Waals surface area contributed by atoms with Gasteiger partial charge >= 0.3 is 0 Å². The van der Waals surface area contributed by atoms with Crippen LogP contribution in [0, 0.1) is 11.3 Å². The minimum atomic E-state index is -0.132. The predicted octanol–water partition coefficient (Wildman–Crippen LogP) is 1.89. The summed E-state index contributed by atoms with van der Waals surface area (Å²) in [5.74, 6) is 0.562. The van der Waals surface area contributed by atoms with Crippen LogP contribution in [0.25, 0.3) is 0 Å². The van der Waals surface area contributed by atoms with E-state index in [0.29, 0.717) is 31.0 Å². The maximum atomic E-state index is 12.2. The highest BCUT2D eigenvalue weighted by molar-refractivity contribution is 5.92. The minimum absolute atomic E-state index is 0.132. The lowest BCUT2D eigenvalue weighted by molar-refractivity contribution is 0.0762. The number of rotatable bonds is 6. The summed E-state index contributed by atoms with van der Waals surface area (Å²) in [6.45, 7) is 5.65. The fraction of sp³-hybridized carbons (Fsp3) is 0.462. The monoisotopic (exact) mass is 246 g/mol. The zero-order chi connectivity index (χ0) is 13.4. The third-order valence-electron chi connectivity index (χ3n) is 2.49. The van der Waals surface area contributed by atoms with E-state index in [2.05, 4.69) is 10.3 Å². The zero-order valence-corrected chi connectivity index (χ0v) is 10.8. The van der Waals surface area contributed by atoms with E-state index in [1.165, 1.54) is 0 Å². The van der Waals surface area contributed by atoms with Crippen molar-refractivity contribution in [2.24, 2.45) is 0 Å². The molecule has 0 radical (unpaired) electrons. The van der Waals surface area contributed by atoms with Crippen LogP contribution in [0.2, 0.25) is 0 Å². The van der Waals surface area contributed by atoms with Gasteiger partial charge in [-0.3, -0.25) is 4.79 Å². The average Bonchev–Trinajstić information content (AvgIpc) is 2.40. The van der Waals surface area contributed by atoms with Gasteiger partial charge in [-0.2, -0.15) is 5.26 Å². The van der Waals surface area contributed by atoms with Gasteiger partial charge in [0.25, 0.3) is 5.91 Å².